The monoisotopic (exact) mass is 364 g/mol. The summed E-state index contributed by atoms with van der Waals surface area (Å²) in [6.07, 6.45) is 6.73. The molecule has 3 aliphatic rings. The van der Waals surface area contributed by atoms with Crippen LogP contribution in [-0.4, -0.2) is 73.8 Å². The summed E-state index contributed by atoms with van der Waals surface area (Å²) in [7, 11) is 2.25. The zero-order chi connectivity index (χ0) is 18.2. The number of piperazine rings is 1. The van der Waals surface area contributed by atoms with Crippen molar-refractivity contribution in [3.63, 3.8) is 0 Å². The van der Waals surface area contributed by atoms with Gasteiger partial charge in [-0.1, -0.05) is 0 Å². The Labute approximate surface area is 161 Å². The number of hydrogen-bond acceptors (Lipinski definition) is 6. The Bertz CT molecular complexity index is 756. The van der Waals surface area contributed by atoms with E-state index in [1.54, 1.807) is 6.33 Å². The Hall–Kier alpha value is -2.34. The van der Waals surface area contributed by atoms with Gasteiger partial charge in [0.05, 0.1) is 18.1 Å². The van der Waals surface area contributed by atoms with Crippen LogP contribution in [0.5, 0.6) is 0 Å². The first-order valence-electron chi connectivity index (χ1n) is 10.1. The molecule has 0 amide bonds. The van der Waals surface area contributed by atoms with Crippen molar-refractivity contribution >= 4 is 17.1 Å². The van der Waals surface area contributed by atoms with Crippen molar-refractivity contribution in [2.75, 3.05) is 67.6 Å². The van der Waals surface area contributed by atoms with E-state index >= 15 is 0 Å². The zero-order valence-corrected chi connectivity index (χ0v) is 16.0. The molecule has 2 aromatic rings. The predicted octanol–water partition coefficient (Wildman–Crippen LogP) is 1.94. The number of likely N-dealkylation sites (tertiary alicyclic amines) is 1. The number of anilines is 3. The van der Waals surface area contributed by atoms with Gasteiger partial charge in [-0.25, -0.2) is 9.97 Å². The first kappa shape index (κ1) is 16.8. The van der Waals surface area contributed by atoms with Gasteiger partial charge in [-0.2, -0.15) is 0 Å². The van der Waals surface area contributed by atoms with Crippen molar-refractivity contribution in [1.29, 1.82) is 0 Å². The van der Waals surface area contributed by atoms with Crippen LogP contribution in [-0.2, 0) is 0 Å². The Morgan fingerprint density at radius 2 is 1.41 bits per heavy atom. The van der Waals surface area contributed by atoms with Gasteiger partial charge in [-0.15, -0.1) is 0 Å². The van der Waals surface area contributed by atoms with Crippen molar-refractivity contribution in [2.24, 2.45) is 5.92 Å². The number of likely N-dealkylation sites (N-methyl/N-ethyl adjacent to an activating group) is 1. The lowest BCUT2D eigenvalue weighted by Crippen LogP contribution is -2.46. The molecule has 142 valence electrons. The minimum absolute atomic E-state index is 0.706. The minimum Gasteiger partial charge on any atom is -0.368 e. The fourth-order valence-electron chi connectivity index (χ4n) is 5.03. The highest BCUT2D eigenvalue weighted by molar-refractivity contribution is 5.58. The molecule has 0 spiro atoms. The third kappa shape index (κ3) is 3.23. The molecule has 0 radical (unpaired) electrons. The fraction of sp³-hybridized carbons (Fsp3) is 0.524. The van der Waals surface area contributed by atoms with Crippen LogP contribution in [0, 0.1) is 5.92 Å². The highest BCUT2D eigenvalue weighted by Crippen LogP contribution is 2.35. The fourth-order valence-corrected chi connectivity index (χ4v) is 5.03. The molecule has 3 saturated heterocycles. The highest BCUT2D eigenvalue weighted by Gasteiger charge is 2.39. The first-order chi connectivity index (χ1) is 13.3. The normalized spacial score (nSPS) is 25.9. The lowest BCUT2D eigenvalue weighted by atomic mass is 10.0. The molecule has 27 heavy (non-hydrogen) atoms. The molecule has 0 saturated carbocycles. The van der Waals surface area contributed by atoms with E-state index in [0.717, 1.165) is 37.8 Å². The van der Waals surface area contributed by atoms with Gasteiger partial charge in [-0.3, -0.25) is 0 Å². The quantitative estimate of drug-likeness (QED) is 0.829. The van der Waals surface area contributed by atoms with Gasteiger partial charge in [0.15, 0.2) is 0 Å². The summed E-state index contributed by atoms with van der Waals surface area (Å²) in [5.41, 5.74) is 3.85. The molecule has 6 nitrogen and oxygen atoms in total. The van der Waals surface area contributed by atoms with Crippen molar-refractivity contribution in [3.05, 3.63) is 43.0 Å². The molecule has 1 aromatic carbocycles. The zero-order valence-electron chi connectivity index (χ0n) is 16.0. The van der Waals surface area contributed by atoms with E-state index in [9.17, 15) is 0 Å². The molecular weight excluding hydrogens is 336 g/mol. The molecule has 2 atom stereocenters. The van der Waals surface area contributed by atoms with Crippen LogP contribution in [0.3, 0.4) is 0 Å². The molecule has 3 fully saturated rings. The molecule has 4 heterocycles. The van der Waals surface area contributed by atoms with Crippen molar-refractivity contribution in [3.8, 4) is 0 Å². The molecule has 0 N–H and O–H groups in total. The van der Waals surface area contributed by atoms with Crippen LogP contribution in [0.4, 0.5) is 17.1 Å². The average molecular weight is 364 g/mol. The summed E-state index contributed by atoms with van der Waals surface area (Å²) in [6, 6.07) is 9.98. The van der Waals surface area contributed by atoms with E-state index in [2.05, 4.69) is 60.9 Å². The van der Waals surface area contributed by atoms with Gasteiger partial charge >= 0.3 is 0 Å². The first-order valence-corrected chi connectivity index (χ1v) is 10.1. The Balaban J connectivity index is 1.23. The molecule has 3 aliphatic heterocycles. The standard InChI is InChI=1S/C21H28N6/c1-24-14-17-6-7-27(21(17)15-24)19-4-2-18(3-5-19)25-8-10-26(11-9-25)20-12-22-16-23-13-20/h2-5,12-13,16-17,21H,6-11,14-15H2,1H3/t17-,21+/m1/s1. The molecule has 1 aromatic heterocycles. The second-order valence-corrected chi connectivity index (χ2v) is 8.12. The Morgan fingerprint density at radius 3 is 2.11 bits per heavy atom. The molecule has 0 unspecified atom stereocenters. The van der Waals surface area contributed by atoms with Crippen LogP contribution in [0.15, 0.2) is 43.0 Å². The minimum atomic E-state index is 0.706. The SMILES string of the molecule is CN1C[C@H]2CCN(c3ccc(N4CCN(c5cncnc5)CC4)cc3)[C@H]2C1. The number of fused-ring (bicyclic) bond motifs is 1. The smallest absolute Gasteiger partial charge is 0.115 e. The summed E-state index contributed by atoms with van der Waals surface area (Å²) in [6.45, 7) is 7.77. The van der Waals surface area contributed by atoms with Crippen molar-refractivity contribution in [2.45, 2.75) is 12.5 Å². The van der Waals surface area contributed by atoms with Crippen LogP contribution in [0.1, 0.15) is 6.42 Å². The number of aromatic nitrogens is 2. The Kier molecular flexibility index (Phi) is 4.36. The van der Waals surface area contributed by atoms with Gasteiger partial charge in [-0.05, 0) is 43.7 Å². The van der Waals surface area contributed by atoms with E-state index in [1.807, 2.05) is 12.4 Å². The molecule has 5 rings (SSSR count). The molecule has 6 heteroatoms. The third-order valence-electron chi connectivity index (χ3n) is 6.47. The van der Waals surface area contributed by atoms with E-state index in [4.69, 9.17) is 0 Å². The number of rotatable bonds is 3. The highest BCUT2D eigenvalue weighted by atomic mass is 15.3. The van der Waals surface area contributed by atoms with Crippen LogP contribution in [0.2, 0.25) is 0 Å². The maximum atomic E-state index is 4.14. The van der Waals surface area contributed by atoms with E-state index in [1.165, 1.54) is 37.4 Å². The van der Waals surface area contributed by atoms with E-state index in [-0.39, 0.29) is 0 Å². The number of hydrogen-bond donors (Lipinski definition) is 0. The Morgan fingerprint density at radius 1 is 0.778 bits per heavy atom. The second kappa shape index (κ2) is 7.00. The summed E-state index contributed by atoms with van der Waals surface area (Å²) in [5, 5.41) is 0. The topological polar surface area (TPSA) is 38.7 Å². The third-order valence-corrected chi connectivity index (χ3v) is 6.47. The lowest BCUT2D eigenvalue weighted by Gasteiger charge is -2.37. The lowest BCUT2D eigenvalue weighted by molar-refractivity contribution is 0.386. The van der Waals surface area contributed by atoms with Gasteiger partial charge < -0.3 is 19.6 Å². The van der Waals surface area contributed by atoms with Gasteiger partial charge in [0.1, 0.15) is 6.33 Å². The maximum Gasteiger partial charge on any atom is 0.115 e. The largest absolute Gasteiger partial charge is 0.368 e. The van der Waals surface area contributed by atoms with Crippen molar-refractivity contribution < 1.29 is 0 Å². The van der Waals surface area contributed by atoms with Crippen LogP contribution >= 0.6 is 0 Å². The van der Waals surface area contributed by atoms with Gasteiger partial charge in [0, 0.05) is 63.2 Å². The molecule has 0 bridgehead atoms. The number of benzene rings is 1. The predicted molar refractivity (Wildman–Crippen MR) is 110 cm³/mol. The summed E-state index contributed by atoms with van der Waals surface area (Å²) >= 11 is 0. The van der Waals surface area contributed by atoms with Gasteiger partial charge in [0.2, 0.25) is 0 Å². The van der Waals surface area contributed by atoms with E-state index < -0.39 is 0 Å². The van der Waals surface area contributed by atoms with Crippen LogP contribution in [0.25, 0.3) is 0 Å². The summed E-state index contributed by atoms with van der Waals surface area (Å²) in [4.78, 5) is 18.2. The van der Waals surface area contributed by atoms with E-state index in [0.29, 0.717) is 6.04 Å². The number of nitrogens with zero attached hydrogens (tertiary/aromatic N) is 6. The second-order valence-electron chi connectivity index (χ2n) is 8.12. The summed E-state index contributed by atoms with van der Waals surface area (Å²) < 4.78 is 0. The van der Waals surface area contributed by atoms with Crippen molar-refractivity contribution in [1.82, 2.24) is 14.9 Å². The summed E-state index contributed by atoms with van der Waals surface area (Å²) in [5.74, 6) is 0.852. The van der Waals surface area contributed by atoms with Crippen LogP contribution < -0.4 is 14.7 Å². The molecular formula is C21H28N6. The molecule has 0 aliphatic carbocycles. The maximum absolute atomic E-state index is 4.14. The van der Waals surface area contributed by atoms with Gasteiger partial charge in [0.25, 0.3) is 0 Å². The average Bonchev–Trinajstić information content (AvgIpc) is 3.28.